The third-order valence-electron chi connectivity index (χ3n) is 7.61. The number of thiophene rings is 2. The number of rotatable bonds is 5. The molecule has 0 bridgehead atoms. The summed E-state index contributed by atoms with van der Waals surface area (Å²) in [5, 5.41) is 1.69. The highest BCUT2D eigenvalue weighted by Crippen LogP contribution is 2.36. The Morgan fingerprint density at radius 3 is 1.68 bits per heavy atom. The van der Waals surface area contributed by atoms with Crippen LogP contribution in [0.3, 0.4) is 0 Å². The summed E-state index contributed by atoms with van der Waals surface area (Å²) in [6.45, 7) is 5.81. The second-order valence-corrected chi connectivity index (χ2v) is 12.4. The molecule has 0 saturated carbocycles. The lowest BCUT2D eigenvalue weighted by Crippen LogP contribution is -2.23. The van der Waals surface area contributed by atoms with Gasteiger partial charge in [0, 0.05) is 22.8 Å². The quantitative estimate of drug-likeness (QED) is 0.368. The Morgan fingerprint density at radius 1 is 0.794 bits per heavy atom. The van der Waals surface area contributed by atoms with E-state index >= 15 is 0 Å². The Balaban J connectivity index is 1.17. The Kier molecular flexibility index (Phi) is 5.68. The molecular weight excluding hydrogens is 464 g/mol. The average Bonchev–Trinajstić information content (AvgIpc) is 3.37. The maximum Gasteiger partial charge on any atom is 0.262 e. The van der Waals surface area contributed by atoms with Crippen molar-refractivity contribution in [3.63, 3.8) is 0 Å². The van der Waals surface area contributed by atoms with Gasteiger partial charge in [-0.2, -0.15) is 0 Å². The third-order valence-corrected chi connectivity index (χ3v) is 9.94. The molecule has 2 aliphatic carbocycles. The van der Waals surface area contributed by atoms with E-state index in [-0.39, 0.29) is 11.1 Å². The highest BCUT2D eigenvalue weighted by molar-refractivity contribution is 7.19. The number of fused-ring (bicyclic) bond motifs is 6. The zero-order chi connectivity index (χ0) is 23.4. The van der Waals surface area contributed by atoms with Crippen LogP contribution in [0.5, 0.6) is 0 Å². The zero-order valence-corrected chi connectivity index (χ0v) is 21.4. The first-order valence-electron chi connectivity index (χ1n) is 12.5. The SMILES string of the molecule is CC1CCc2c(sc3ncn(CCCCn4cnc5sc6c(c5c4=O)CCC(C)C6)c(=O)c23)C1. The van der Waals surface area contributed by atoms with Gasteiger partial charge < -0.3 is 0 Å². The van der Waals surface area contributed by atoms with Gasteiger partial charge in [0.25, 0.3) is 11.1 Å². The molecule has 178 valence electrons. The van der Waals surface area contributed by atoms with Gasteiger partial charge in [-0.25, -0.2) is 9.97 Å². The topological polar surface area (TPSA) is 69.8 Å². The Bertz CT molecular complexity index is 1400. The van der Waals surface area contributed by atoms with Crippen LogP contribution in [0.25, 0.3) is 20.4 Å². The van der Waals surface area contributed by atoms with Crippen molar-refractivity contribution in [3.8, 4) is 0 Å². The molecule has 0 N–H and O–H groups in total. The summed E-state index contributed by atoms with van der Waals surface area (Å²) in [7, 11) is 0. The second-order valence-electron chi connectivity index (χ2n) is 10.3. The van der Waals surface area contributed by atoms with E-state index in [1.807, 2.05) is 0 Å². The predicted molar refractivity (Wildman–Crippen MR) is 139 cm³/mol. The summed E-state index contributed by atoms with van der Waals surface area (Å²) in [6, 6.07) is 0. The summed E-state index contributed by atoms with van der Waals surface area (Å²) in [4.78, 5) is 40.1. The minimum Gasteiger partial charge on any atom is -0.299 e. The first kappa shape index (κ1) is 22.2. The van der Waals surface area contributed by atoms with E-state index in [4.69, 9.17) is 0 Å². The van der Waals surface area contributed by atoms with Crippen LogP contribution in [0.1, 0.15) is 60.4 Å². The van der Waals surface area contributed by atoms with Gasteiger partial charge in [0.15, 0.2) is 0 Å². The highest BCUT2D eigenvalue weighted by atomic mass is 32.1. The van der Waals surface area contributed by atoms with Gasteiger partial charge in [-0.15, -0.1) is 22.7 Å². The maximum atomic E-state index is 13.2. The minimum atomic E-state index is 0.0939. The molecule has 2 unspecified atom stereocenters. The van der Waals surface area contributed by atoms with Crippen LogP contribution in [0.4, 0.5) is 0 Å². The molecule has 6 rings (SSSR count). The van der Waals surface area contributed by atoms with Crippen LogP contribution in [-0.4, -0.2) is 19.1 Å². The van der Waals surface area contributed by atoms with E-state index in [2.05, 4.69) is 23.8 Å². The lowest BCUT2D eigenvalue weighted by Gasteiger charge is -2.17. The van der Waals surface area contributed by atoms with Crippen molar-refractivity contribution in [2.75, 3.05) is 0 Å². The van der Waals surface area contributed by atoms with E-state index in [1.54, 1.807) is 44.5 Å². The molecule has 0 saturated heterocycles. The van der Waals surface area contributed by atoms with Crippen molar-refractivity contribution in [2.24, 2.45) is 11.8 Å². The number of hydrogen-bond donors (Lipinski definition) is 0. The highest BCUT2D eigenvalue weighted by Gasteiger charge is 2.24. The zero-order valence-electron chi connectivity index (χ0n) is 19.8. The first-order valence-corrected chi connectivity index (χ1v) is 14.1. The Morgan fingerprint density at radius 2 is 1.24 bits per heavy atom. The van der Waals surface area contributed by atoms with Crippen LogP contribution in [-0.2, 0) is 38.8 Å². The standard InChI is InChI=1S/C26H30N4O2S2/c1-15-5-7-17-19(11-15)33-23-21(17)25(31)29(13-27-23)9-3-4-10-30-14-28-24-22(26(30)32)18-8-6-16(2)12-20(18)34-24/h13-16H,3-12H2,1-2H3. The van der Waals surface area contributed by atoms with Crippen molar-refractivity contribution in [1.82, 2.24) is 19.1 Å². The van der Waals surface area contributed by atoms with Crippen molar-refractivity contribution >= 4 is 43.1 Å². The number of hydrogen-bond acceptors (Lipinski definition) is 6. The molecule has 4 heterocycles. The largest absolute Gasteiger partial charge is 0.299 e. The van der Waals surface area contributed by atoms with Crippen molar-refractivity contribution in [3.05, 3.63) is 54.2 Å². The van der Waals surface area contributed by atoms with E-state index in [9.17, 15) is 9.59 Å². The smallest absolute Gasteiger partial charge is 0.262 e. The molecule has 0 fully saturated rings. The molecule has 6 nitrogen and oxygen atoms in total. The average molecular weight is 495 g/mol. The summed E-state index contributed by atoms with van der Waals surface area (Å²) < 4.78 is 3.52. The van der Waals surface area contributed by atoms with Gasteiger partial charge in [-0.1, -0.05) is 13.8 Å². The van der Waals surface area contributed by atoms with Gasteiger partial charge in [0.1, 0.15) is 9.66 Å². The monoisotopic (exact) mass is 494 g/mol. The van der Waals surface area contributed by atoms with Gasteiger partial charge in [0.05, 0.1) is 23.4 Å². The third kappa shape index (κ3) is 3.75. The molecule has 0 spiro atoms. The van der Waals surface area contributed by atoms with E-state index in [0.29, 0.717) is 24.9 Å². The molecule has 4 aromatic rings. The summed E-state index contributed by atoms with van der Waals surface area (Å²) in [6.07, 6.45) is 11.4. The van der Waals surface area contributed by atoms with Crippen LogP contribution < -0.4 is 11.1 Å². The number of aromatic nitrogens is 4. The molecule has 4 aromatic heterocycles. The Labute approximate surface area is 206 Å². The maximum absolute atomic E-state index is 13.2. The molecule has 0 amide bonds. The van der Waals surface area contributed by atoms with Gasteiger partial charge in [0.2, 0.25) is 0 Å². The van der Waals surface area contributed by atoms with E-state index in [0.717, 1.165) is 71.8 Å². The van der Waals surface area contributed by atoms with Gasteiger partial charge >= 0.3 is 0 Å². The van der Waals surface area contributed by atoms with Crippen molar-refractivity contribution < 1.29 is 0 Å². The van der Waals surface area contributed by atoms with Crippen LogP contribution >= 0.6 is 22.7 Å². The van der Waals surface area contributed by atoms with E-state index < -0.39 is 0 Å². The molecule has 0 aliphatic heterocycles. The fourth-order valence-corrected chi connectivity index (χ4v) is 8.30. The molecule has 0 radical (unpaired) electrons. The van der Waals surface area contributed by atoms with Crippen molar-refractivity contribution in [1.29, 1.82) is 0 Å². The molecule has 2 aliphatic rings. The molecule has 0 aromatic carbocycles. The summed E-state index contributed by atoms with van der Waals surface area (Å²) in [5.74, 6) is 1.37. The molecular formula is C26H30N4O2S2. The number of nitrogens with zero attached hydrogens (tertiary/aromatic N) is 4. The summed E-state index contributed by atoms with van der Waals surface area (Å²) in [5.41, 5.74) is 2.67. The predicted octanol–water partition coefficient (Wildman–Crippen LogP) is 4.96. The van der Waals surface area contributed by atoms with E-state index in [1.165, 1.54) is 20.9 Å². The normalized spacial score (nSPS) is 20.1. The van der Waals surface area contributed by atoms with Crippen molar-refractivity contribution in [2.45, 2.75) is 78.3 Å². The molecule has 2 atom stereocenters. The van der Waals surface area contributed by atoms with Gasteiger partial charge in [-0.05, 0) is 74.3 Å². The lowest BCUT2D eigenvalue weighted by atomic mass is 9.89. The number of unbranched alkanes of at least 4 members (excludes halogenated alkanes) is 1. The summed E-state index contributed by atoms with van der Waals surface area (Å²) >= 11 is 3.39. The first-order chi connectivity index (χ1) is 16.5. The van der Waals surface area contributed by atoms with Crippen LogP contribution in [0.15, 0.2) is 22.2 Å². The molecule has 8 heteroatoms. The second kappa shape index (κ2) is 8.72. The van der Waals surface area contributed by atoms with Crippen LogP contribution in [0, 0.1) is 11.8 Å². The fraction of sp³-hybridized carbons (Fsp3) is 0.538. The lowest BCUT2D eigenvalue weighted by molar-refractivity contribution is 0.508. The minimum absolute atomic E-state index is 0.0939. The Hall–Kier alpha value is -2.32. The fourth-order valence-electron chi connectivity index (χ4n) is 5.61. The van der Waals surface area contributed by atoms with Crippen LogP contribution in [0.2, 0.25) is 0 Å². The van der Waals surface area contributed by atoms with Gasteiger partial charge in [-0.3, -0.25) is 18.7 Å². The molecule has 34 heavy (non-hydrogen) atoms. The number of aryl methyl sites for hydroxylation is 4.